The van der Waals surface area contributed by atoms with Crippen LogP contribution in [0.25, 0.3) is 0 Å². The third-order valence-electron chi connectivity index (χ3n) is 3.79. The Balaban J connectivity index is 2.05. The molecule has 0 aliphatic heterocycles. The molecule has 0 heterocycles. The molecule has 1 aromatic carbocycles. The topological polar surface area (TPSA) is 66.4 Å². The van der Waals surface area contributed by atoms with Gasteiger partial charge in [-0.05, 0) is 42.9 Å². The van der Waals surface area contributed by atoms with Gasteiger partial charge in [0.25, 0.3) is 0 Å². The van der Waals surface area contributed by atoms with E-state index in [1.54, 1.807) is 0 Å². The second-order valence-electron chi connectivity index (χ2n) is 5.06. The summed E-state index contributed by atoms with van der Waals surface area (Å²) in [6.07, 6.45) is 2.93. The highest BCUT2D eigenvalue weighted by atomic mass is 35.5. The van der Waals surface area contributed by atoms with Gasteiger partial charge in [0.15, 0.2) is 0 Å². The number of benzene rings is 1. The highest BCUT2D eigenvalue weighted by Gasteiger charge is 2.28. The van der Waals surface area contributed by atoms with Gasteiger partial charge in [0.1, 0.15) is 0 Å². The first-order valence-electron chi connectivity index (χ1n) is 6.49. The van der Waals surface area contributed by atoms with Gasteiger partial charge < -0.3 is 5.11 Å². The Morgan fingerprint density at radius 2 is 1.90 bits per heavy atom. The molecule has 1 fully saturated rings. The van der Waals surface area contributed by atoms with Crippen molar-refractivity contribution in [1.82, 2.24) is 4.72 Å². The summed E-state index contributed by atoms with van der Waals surface area (Å²) in [5.41, 5.74) is 0. The predicted molar refractivity (Wildman–Crippen MR) is 79.6 cm³/mol. The van der Waals surface area contributed by atoms with E-state index in [2.05, 4.69) is 4.72 Å². The maximum absolute atomic E-state index is 12.2. The predicted octanol–water partition coefficient (Wildman–Crippen LogP) is 2.68. The maximum Gasteiger partial charge on any atom is 0.240 e. The zero-order valence-electron chi connectivity index (χ0n) is 10.9. The molecule has 0 amide bonds. The molecule has 1 aromatic rings. The van der Waals surface area contributed by atoms with Gasteiger partial charge in [0.05, 0.1) is 14.9 Å². The molecule has 1 aliphatic rings. The van der Waals surface area contributed by atoms with Gasteiger partial charge in [0, 0.05) is 13.2 Å². The maximum atomic E-state index is 12.2. The lowest BCUT2D eigenvalue weighted by Gasteiger charge is -2.18. The molecule has 1 saturated carbocycles. The molecule has 2 unspecified atom stereocenters. The van der Waals surface area contributed by atoms with E-state index in [0.29, 0.717) is 11.6 Å². The van der Waals surface area contributed by atoms with Gasteiger partial charge in [-0.3, -0.25) is 0 Å². The summed E-state index contributed by atoms with van der Waals surface area (Å²) >= 11 is 11.6. The van der Waals surface area contributed by atoms with Crippen LogP contribution in [0.4, 0.5) is 0 Å². The molecule has 2 rings (SSSR count). The first-order valence-corrected chi connectivity index (χ1v) is 8.73. The summed E-state index contributed by atoms with van der Waals surface area (Å²) in [7, 11) is -3.59. The fourth-order valence-electron chi connectivity index (χ4n) is 2.57. The lowest BCUT2D eigenvalue weighted by atomic mass is 9.97. The number of halogens is 2. The van der Waals surface area contributed by atoms with Gasteiger partial charge >= 0.3 is 0 Å². The molecule has 2 atom stereocenters. The minimum atomic E-state index is -3.59. The number of hydrogen-bond acceptors (Lipinski definition) is 3. The van der Waals surface area contributed by atoms with Crippen LogP contribution in [0.15, 0.2) is 23.1 Å². The summed E-state index contributed by atoms with van der Waals surface area (Å²) in [5.74, 6) is 0.379. The van der Waals surface area contributed by atoms with Crippen LogP contribution in [-0.4, -0.2) is 26.7 Å². The van der Waals surface area contributed by atoms with Crippen LogP contribution >= 0.6 is 23.2 Å². The van der Waals surface area contributed by atoms with E-state index in [9.17, 15) is 13.5 Å². The molecule has 0 spiro atoms. The molecular formula is C13H17Cl2NO3S. The quantitative estimate of drug-likeness (QED) is 0.867. The normalized spacial score (nSPS) is 23.1. The van der Waals surface area contributed by atoms with Crippen molar-refractivity contribution in [1.29, 1.82) is 0 Å². The second-order valence-corrected chi connectivity index (χ2v) is 7.64. The Bertz CT molecular complexity index is 577. The van der Waals surface area contributed by atoms with Crippen LogP contribution in [-0.2, 0) is 10.0 Å². The van der Waals surface area contributed by atoms with Crippen molar-refractivity contribution in [2.24, 2.45) is 11.8 Å². The van der Waals surface area contributed by atoms with Gasteiger partial charge in [0.2, 0.25) is 10.0 Å². The highest BCUT2D eigenvalue weighted by Crippen LogP contribution is 2.31. The van der Waals surface area contributed by atoms with E-state index in [1.165, 1.54) is 18.2 Å². The third kappa shape index (κ3) is 3.65. The first kappa shape index (κ1) is 16.0. The van der Waals surface area contributed by atoms with Gasteiger partial charge in [-0.25, -0.2) is 13.1 Å². The molecule has 0 bridgehead atoms. The molecule has 112 valence electrons. The lowest BCUT2D eigenvalue weighted by molar-refractivity contribution is 0.195. The number of sulfonamides is 1. The van der Waals surface area contributed by atoms with Gasteiger partial charge in [-0.2, -0.15) is 0 Å². The van der Waals surface area contributed by atoms with Crippen molar-refractivity contribution in [2.75, 3.05) is 13.2 Å². The van der Waals surface area contributed by atoms with E-state index in [1.807, 2.05) is 0 Å². The minimum absolute atomic E-state index is 0.102. The summed E-state index contributed by atoms with van der Waals surface area (Å²) in [5, 5.41) is 9.77. The number of hydrogen-bond donors (Lipinski definition) is 2. The highest BCUT2D eigenvalue weighted by molar-refractivity contribution is 7.89. The van der Waals surface area contributed by atoms with E-state index in [4.69, 9.17) is 23.2 Å². The average molecular weight is 338 g/mol. The van der Waals surface area contributed by atoms with Crippen molar-refractivity contribution in [3.05, 3.63) is 28.2 Å². The SMILES string of the molecule is O=S(=O)(NCC1CCCC1CO)c1ccc(Cl)c(Cl)c1. The van der Waals surface area contributed by atoms with E-state index >= 15 is 0 Å². The van der Waals surface area contributed by atoms with Crippen molar-refractivity contribution in [3.63, 3.8) is 0 Å². The van der Waals surface area contributed by atoms with Crippen LogP contribution in [0, 0.1) is 11.8 Å². The molecule has 4 nitrogen and oxygen atoms in total. The summed E-state index contributed by atoms with van der Waals surface area (Å²) < 4.78 is 26.9. The van der Waals surface area contributed by atoms with Gasteiger partial charge in [-0.1, -0.05) is 29.6 Å². The fraction of sp³-hybridized carbons (Fsp3) is 0.538. The molecule has 1 aliphatic carbocycles. The van der Waals surface area contributed by atoms with E-state index < -0.39 is 10.0 Å². The fourth-order valence-corrected chi connectivity index (χ4v) is 4.05. The second kappa shape index (κ2) is 6.62. The number of aliphatic hydroxyl groups excluding tert-OH is 1. The Kier molecular flexibility index (Phi) is 5.31. The molecule has 2 N–H and O–H groups in total. The van der Waals surface area contributed by atoms with Crippen LogP contribution in [0.1, 0.15) is 19.3 Å². The van der Waals surface area contributed by atoms with Crippen molar-refractivity contribution in [3.8, 4) is 0 Å². The first-order chi connectivity index (χ1) is 9.44. The van der Waals surface area contributed by atoms with Crippen molar-refractivity contribution >= 4 is 33.2 Å². The monoisotopic (exact) mass is 337 g/mol. The zero-order valence-corrected chi connectivity index (χ0v) is 13.2. The molecule has 7 heteroatoms. The van der Waals surface area contributed by atoms with Crippen LogP contribution in [0.5, 0.6) is 0 Å². The van der Waals surface area contributed by atoms with Crippen molar-refractivity contribution < 1.29 is 13.5 Å². The number of rotatable bonds is 5. The standard InChI is InChI=1S/C13H17Cl2NO3S/c14-12-5-4-11(6-13(12)15)20(18,19)16-7-9-2-1-3-10(9)8-17/h4-6,9-10,16-17H,1-3,7-8H2. The Hall–Kier alpha value is -0.330. The smallest absolute Gasteiger partial charge is 0.240 e. The molecular weight excluding hydrogens is 321 g/mol. The van der Waals surface area contributed by atoms with E-state index in [-0.39, 0.29) is 28.4 Å². The average Bonchev–Trinajstić information content (AvgIpc) is 2.87. The van der Waals surface area contributed by atoms with Crippen LogP contribution in [0.2, 0.25) is 10.0 Å². The molecule has 0 aromatic heterocycles. The Morgan fingerprint density at radius 3 is 2.55 bits per heavy atom. The zero-order chi connectivity index (χ0) is 14.8. The Morgan fingerprint density at radius 1 is 1.20 bits per heavy atom. The van der Waals surface area contributed by atoms with Crippen LogP contribution < -0.4 is 4.72 Å². The number of aliphatic hydroxyl groups is 1. The summed E-state index contributed by atoms with van der Waals surface area (Å²) in [6, 6.07) is 4.23. The number of nitrogens with one attached hydrogen (secondary N) is 1. The molecule has 0 radical (unpaired) electrons. The van der Waals surface area contributed by atoms with Crippen LogP contribution in [0.3, 0.4) is 0 Å². The summed E-state index contributed by atoms with van der Waals surface area (Å²) in [4.78, 5) is 0.102. The Labute approximate surface area is 129 Å². The largest absolute Gasteiger partial charge is 0.396 e. The van der Waals surface area contributed by atoms with E-state index in [0.717, 1.165) is 19.3 Å². The minimum Gasteiger partial charge on any atom is -0.396 e. The summed E-state index contributed by atoms with van der Waals surface area (Å²) in [6.45, 7) is 0.451. The molecule has 20 heavy (non-hydrogen) atoms. The lowest BCUT2D eigenvalue weighted by Crippen LogP contribution is -2.31. The van der Waals surface area contributed by atoms with Crippen molar-refractivity contribution in [2.45, 2.75) is 24.2 Å². The van der Waals surface area contributed by atoms with Gasteiger partial charge in [-0.15, -0.1) is 0 Å². The molecule has 0 saturated heterocycles. The third-order valence-corrected chi connectivity index (χ3v) is 5.95.